The molecule has 0 aliphatic rings. The fraction of sp³-hybridized carbons (Fsp3) is 0.0714. The summed E-state index contributed by atoms with van der Waals surface area (Å²) in [5.41, 5.74) is 7.26. The molecule has 2 aromatic rings. The maximum absolute atomic E-state index is 13.4. The lowest BCUT2D eigenvalue weighted by molar-refractivity contribution is 0.262. The van der Waals surface area contributed by atoms with E-state index in [2.05, 4.69) is 10.6 Å². The lowest BCUT2D eigenvalue weighted by Gasteiger charge is -2.12. The summed E-state index contributed by atoms with van der Waals surface area (Å²) < 4.78 is 26.2. The van der Waals surface area contributed by atoms with Gasteiger partial charge in [-0.25, -0.2) is 13.6 Å². The Balaban J connectivity index is 2.13. The molecule has 0 fully saturated rings. The monoisotopic (exact) mass is 277 g/mol. The summed E-state index contributed by atoms with van der Waals surface area (Å²) in [4.78, 5) is 11.8. The Morgan fingerprint density at radius 1 is 1.15 bits per heavy atom. The van der Waals surface area contributed by atoms with Gasteiger partial charge in [-0.3, -0.25) is 0 Å². The zero-order valence-corrected chi connectivity index (χ0v) is 10.7. The van der Waals surface area contributed by atoms with Crippen molar-refractivity contribution < 1.29 is 13.6 Å². The molecular weight excluding hydrogens is 264 g/mol. The highest BCUT2D eigenvalue weighted by Crippen LogP contribution is 2.23. The number of carbonyl (C=O) groups excluding carboxylic acids is 1. The Bertz CT molecular complexity index is 639. The lowest BCUT2D eigenvalue weighted by Crippen LogP contribution is -2.21. The van der Waals surface area contributed by atoms with E-state index in [9.17, 15) is 13.6 Å². The number of rotatable bonds is 2. The number of hydrogen-bond acceptors (Lipinski definition) is 2. The first-order valence-corrected chi connectivity index (χ1v) is 5.85. The van der Waals surface area contributed by atoms with E-state index in [1.165, 1.54) is 0 Å². The van der Waals surface area contributed by atoms with Crippen molar-refractivity contribution in [1.82, 2.24) is 0 Å². The van der Waals surface area contributed by atoms with Gasteiger partial charge in [-0.05, 0) is 30.7 Å². The molecule has 20 heavy (non-hydrogen) atoms. The second-order valence-electron chi connectivity index (χ2n) is 4.24. The summed E-state index contributed by atoms with van der Waals surface area (Å²) in [6.45, 7) is 1.78. The van der Waals surface area contributed by atoms with E-state index in [1.807, 2.05) is 0 Å². The molecule has 0 heterocycles. The molecule has 0 saturated carbocycles. The van der Waals surface area contributed by atoms with Crippen LogP contribution >= 0.6 is 0 Å². The maximum atomic E-state index is 13.4. The number of nitrogen functional groups attached to an aromatic ring is 1. The molecule has 104 valence electrons. The van der Waals surface area contributed by atoms with Crippen molar-refractivity contribution >= 4 is 23.1 Å². The number of benzene rings is 2. The van der Waals surface area contributed by atoms with E-state index in [-0.39, 0.29) is 5.69 Å². The zero-order valence-electron chi connectivity index (χ0n) is 10.7. The molecule has 4 N–H and O–H groups in total. The molecule has 2 aromatic carbocycles. The highest BCUT2D eigenvalue weighted by molar-refractivity contribution is 6.02. The molecule has 4 nitrogen and oxygen atoms in total. The van der Waals surface area contributed by atoms with Crippen molar-refractivity contribution in [2.45, 2.75) is 6.92 Å². The molecule has 6 heteroatoms. The number of anilines is 3. The molecule has 0 radical (unpaired) electrons. The predicted octanol–water partition coefficient (Wildman–Crippen LogP) is 3.50. The summed E-state index contributed by atoms with van der Waals surface area (Å²) in [7, 11) is 0. The third-order valence-corrected chi connectivity index (χ3v) is 2.72. The van der Waals surface area contributed by atoms with Crippen molar-refractivity contribution in [2.24, 2.45) is 0 Å². The number of halogens is 2. The quantitative estimate of drug-likeness (QED) is 0.735. The minimum absolute atomic E-state index is 0.115. The maximum Gasteiger partial charge on any atom is 0.323 e. The van der Waals surface area contributed by atoms with Gasteiger partial charge in [0.1, 0.15) is 11.6 Å². The van der Waals surface area contributed by atoms with E-state index in [1.54, 1.807) is 25.1 Å². The predicted molar refractivity (Wildman–Crippen MR) is 74.6 cm³/mol. The van der Waals surface area contributed by atoms with Gasteiger partial charge < -0.3 is 16.4 Å². The van der Waals surface area contributed by atoms with Crippen LogP contribution in [-0.4, -0.2) is 6.03 Å². The number of urea groups is 1. The van der Waals surface area contributed by atoms with Crippen LogP contribution in [0.1, 0.15) is 5.56 Å². The number of carbonyl (C=O) groups is 1. The van der Waals surface area contributed by atoms with E-state index >= 15 is 0 Å². The SMILES string of the molecule is Cc1cccc(N)c1NC(=O)Nc1ccc(F)cc1F. The number of aryl methyl sites for hydroxylation is 1. The highest BCUT2D eigenvalue weighted by atomic mass is 19.1. The minimum Gasteiger partial charge on any atom is -0.397 e. The van der Waals surface area contributed by atoms with Crippen LogP contribution in [0.5, 0.6) is 0 Å². The van der Waals surface area contributed by atoms with Crippen LogP contribution in [0.3, 0.4) is 0 Å². The fourth-order valence-corrected chi connectivity index (χ4v) is 1.72. The third-order valence-electron chi connectivity index (χ3n) is 2.72. The summed E-state index contributed by atoms with van der Waals surface area (Å²) >= 11 is 0. The lowest BCUT2D eigenvalue weighted by atomic mass is 10.2. The molecule has 0 aliphatic heterocycles. The molecule has 0 spiro atoms. The van der Waals surface area contributed by atoms with Gasteiger partial charge in [0.2, 0.25) is 0 Å². The molecule has 0 atom stereocenters. The average molecular weight is 277 g/mol. The van der Waals surface area contributed by atoms with Crippen LogP contribution in [0.15, 0.2) is 36.4 Å². The second-order valence-corrected chi connectivity index (χ2v) is 4.24. The molecule has 0 saturated heterocycles. The van der Waals surface area contributed by atoms with Crippen molar-refractivity contribution in [3.63, 3.8) is 0 Å². The molecular formula is C14H13F2N3O. The molecule has 0 aromatic heterocycles. The van der Waals surface area contributed by atoms with Crippen LogP contribution in [0, 0.1) is 18.6 Å². The van der Waals surface area contributed by atoms with Gasteiger partial charge in [-0.1, -0.05) is 12.1 Å². The van der Waals surface area contributed by atoms with Crippen molar-refractivity contribution in [3.05, 3.63) is 53.6 Å². The first-order valence-electron chi connectivity index (χ1n) is 5.85. The number of para-hydroxylation sites is 1. The normalized spacial score (nSPS) is 10.2. The molecule has 0 aliphatic carbocycles. The molecule has 2 rings (SSSR count). The van der Waals surface area contributed by atoms with E-state index in [0.29, 0.717) is 17.4 Å². The van der Waals surface area contributed by atoms with E-state index < -0.39 is 17.7 Å². The van der Waals surface area contributed by atoms with Crippen LogP contribution in [0.25, 0.3) is 0 Å². The first kappa shape index (κ1) is 13.8. The van der Waals surface area contributed by atoms with E-state index in [0.717, 1.165) is 17.7 Å². The number of hydrogen-bond donors (Lipinski definition) is 3. The van der Waals surface area contributed by atoms with Crippen LogP contribution in [0.4, 0.5) is 30.6 Å². The van der Waals surface area contributed by atoms with Gasteiger partial charge >= 0.3 is 6.03 Å². The summed E-state index contributed by atoms with van der Waals surface area (Å²) in [5.74, 6) is -1.56. The fourth-order valence-electron chi connectivity index (χ4n) is 1.72. The molecule has 2 amide bonds. The van der Waals surface area contributed by atoms with Gasteiger partial charge in [0.15, 0.2) is 0 Å². The standard InChI is InChI=1S/C14H13F2N3O/c1-8-3-2-4-11(17)13(8)19-14(20)18-12-6-5-9(15)7-10(12)16/h2-7H,17H2,1H3,(H2,18,19,20). The van der Waals surface area contributed by atoms with Crippen molar-refractivity contribution in [2.75, 3.05) is 16.4 Å². The van der Waals surface area contributed by atoms with Crippen molar-refractivity contribution in [1.29, 1.82) is 0 Å². The second kappa shape index (κ2) is 5.56. The first-order chi connectivity index (χ1) is 9.47. The van der Waals surface area contributed by atoms with Crippen LogP contribution < -0.4 is 16.4 Å². The number of amides is 2. The Kier molecular flexibility index (Phi) is 3.84. The van der Waals surface area contributed by atoms with E-state index in [4.69, 9.17) is 5.73 Å². The zero-order chi connectivity index (χ0) is 14.7. The largest absolute Gasteiger partial charge is 0.397 e. The van der Waals surface area contributed by atoms with Gasteiger partial charge in [-0.15, -0.1) is 0 Å². The van der Waals surface area contributed by atoms with Crippen LogP contribution in [0.2, 0.25) is 0 Å². The summed E-state index contributed by atoms with van der Waals surface area (Å²) in [6, 6.07) is 7.42. The Hall–Kier alpha value is -2.63. The van der Waals surface area contributed by atoms with Crippen molar-refractivity contribution in [3.8, 4) is 0 Å². The van der Waals surface area contributed by atoms with Gasteiger partial charge in [-0.2, -0.15) is 0 Å². The smallest absolute Gasteiger partial charge is 0.323 e. The van der Waals surface area contributed by atoms with Gasteiger partial charge in [0.25, 0.3) is 0 Å². The topological polar surface area (TPSA) is 67.1 Å². The average Bonchev–Trinajstić information content (AvgIpc) is 2.37. The summed E-state index contributed by atoms with van der Waals surface area (Å²) in [5, 5.41) is 4.83. The van der Waals surface area contributed by atoms with Gasteiger partial charge in [0, 0.05) is 6.07 Å². The summed E-state index contributed by atoms with van der Waals surface area (Å²) in [6.07, 6.45) is 0. The van der Waals surface area contributed by atoms with Crippen LogP contribution in [-0.2, 0) is 0 Å². The Morgan fingerprint density at radius 2 is 1.90 bits per heavy atom. The molecule has 0 bridgehead atoms. The number of nitrogens with one attached hydrogen (secondary N) is 2. The molecule has 0 unspecified atom stereocenters. The Labute approximate surface area is 114 Å². The minimum atomic E-state index is -0.849. The highest BCUT2D eigenvalue weighted by Gasteiger charge is 2.10. The number of nitrogens with two attached hydrogens (primary N) is 1. The third kappa shape index (κ3) is 3.03. The Morgan fingerprint density at radius 3 is 2.55 bits per heavy atom. The van der Waals surface area contributed by atoms with Gasteiger partial charge in [0.05, 0.1) is 17.1 Å².